The van der Waals surface area contributed by atoms with Crippen LogP contribution in [-0.2, 0) is 17.8 Å². The number of rotatable bonds is 4. The first kappa shape index (κ1) is 22.2. The highest BCUT2D eigenvalue weighted by Crippen LogP contribution is 2.29. The molecule has 1 aliphatic rings. The summed E-state index contributed by atoms with van der Waals surface area (Å²) >= 11 is 0. The van der Waals surface area contributed by atoms with Crippen LogP contribution in [-0.4, -0.2) is 46.0 Å². The summed E-state index contributed by atoms with van der Waals surface area (Å²) in [5, 5.41) is 16.8. The average Bonchev–Trinajstić information content (AvgIpc) is 2.84. The van der Waals surface area contributed by atoms with Gasteiger partial charge < -0.3 is 25.3 Å². The summed E-state index contributed by atoms with van der Waals surface area (Å²) in [6.07, 6.45) is -1.36. The minimum atomic E-state index is -5.08. The van der Waals surface area contributed by atoms with E-state index in [4.69, 9.17) is 20.4 Å². The van der Waals surface area contributed by atoms with Gasteiger partial charge in [0.15, 0.2) is 0 Å². The number of halogens is 3. The topological polar surface area (TPSA) is 132 Å². The summed E-state index contributed by atoms with van der Waals surface area (Å²) in [6.45, 7) is 1.74. The third-order valence-electron chi connectivity index (χ3n) is 4.14. The lowest BCUT2D eigenvalue weighted by atomic mass is 10.0. The maximum atomic E-state index is 12.5. The minimum absolute atomic E-state index is 0.198. The number of nitrogens with two attached hydrogens (primary N) is 1. The van der Waals surface area contributed by atoms with E-state index in [0.717, 1.165) is 24.8 Å². The summed E-state index contributed by atoms with van der Waals surface area (Å²) in [5.41, 5.74) is 6.51. The van der Waals surface area contributed by atoms with E-state index in [1.807, 2.05) is 10.6 Å². The lowest BCUT2D eigenvalue weighted by Crippen LogP contribution is -2.21. The Balaban J connectivity index is 0.000000370. The predicted octanol–water partition coefficient (Wildman–Crippen LogP) is 2.01. The largest absolute Gasteiger partial charge is 0.491 e. The first-order valence-electron chi connectivity index (χ1n) is 8.62. The molecule has 1 aromatic carbocycles. The van der Waals surface area contributed by atoms with E-state index in [1.165, 1.54) is 6.20 Å². The molecule has 29 heavy (non-hydrogen) atoms. The van der Waals surface area contributed by atoms with Crippen molar-refractivity contribution in [3.05, 3.63) is 39.7 Å². The van der Waals surface area contributed by atoms with Crippen molar-refractivity contribution in [2.75, 3.05) is 13.2 Å². The van der Waals surface area contributed by atoms with Crippen LogP contribution in [0.4, 0.5) is 13.2 Å². The first-order chi connectivity index (χ1) is 13.6. The van der Waals surface area contributed by atoms with Crippen molar-refractivity contribution >= 4 is 22.8 Å². The third-order valence-corrected chi connectivity index (χ3v) is 4.14. The minimum Gasteiger partial charge on any atom is -0.491 e. The molecular formula is C18H19F3N2O6. The molecule has 0 bridgehead atoms. The molecule has 158 valence electrons. The molecule has 0 aliphatic carbocycles. The standard InChI is InChI=1S/C16H18N2O4.C2HF3O2/c17-4-1-3-10-7-11-14-13(8-10)22-6-2-5-18(14)9-12(15(11)19)16(20)21;3-2(4,5)1(6)7/h7-9H,1-6,17H2,(H,20,21);(H,6,7). The number of aromatic carboxylic acids is 1. The number of carboxylic acid groups (broad SMARTS) is 2. The zero-order chi connectivity index (χ0) is 21.8. The second kappa shape index (κ2) is 8.95. The molecule has 0 saturated heterocycles. The Labute approximate surface area is 162 Å². The quantitative estimate of drug-likeness (QED) is 0.695. The fourth-order valence-electron chi connectivity index (χ4n) is 2.86. The van der Waals surface area contributed by atoms with Crippen molar-refractivity contribution in [1.82, 2.24) is 4.57 Å². The van der Waals surface area contributed by atoms with Crippen LogP contribution in [0.1, 0.15) is 28.8 Å². The average molecular weight is 416 g/mol. The van der Waals surface area contributed by atoms with Gasteiger partial charge in [-0.25, -0.2) is 9.59 Å². The maximum absolute atomic E-state index is 12.5. The Morgan fingerprint density at radius 2 is 1.90 bits per heavy atom. The first-order valence-corrected chi connectivity index (χ1v) is 8.62. The van der Waals surface area contributed by atoms with Gasteiger partial charge in [0.05, 0.1) is 17.5 Å². The third kappa shape index (κ3) is 5.25. The summed E-state index contributed by atoms with van der Waals surface area (Å²) < 4.78 is 39.3. The van der Waals surface area contributed by atoms with Gasteiger partial charge in [0.2, 0.25) is 5.43 Å². The molecule has 0 spiro atoms. The van der Waals surface area contributed by atoms with Gasteiger partial charge in [0, 0.05) is 12.7 Å². The zero-order valence-corrected chi connectivity index (χ0v) is 15.2. The number of benzene rings is 1. The lowest BCUT2D eigenvalue weighted by Gasteiger charge is -2.13. The Bertz CT molecular complexity index is 984. The number of ether oxygens (including phenoxy) is 1. The smallest absolute Gasteiger partial charge is 0.490 e. The van der Waals surface area contributed by atoms with E-state index in [9.17, 15) is 27.9 Å². The Morgan fingerprint density at radius 1 is 1.24 bits per heavy atom. The number of alkyl halides is 3. The molecule has 11 heteroatoms. The maximum Gasteiger partial charge on any atom is 0.490 e. The van der Waals surface area contributed by atoms with Gasteiger partial charge in [-0.15, -0.1) is 0 Å². The van der Waals surface area contributed by atoms with Gasteiger partial charge in [0.25, 0.3) is 0 Å². The predicted molar refractivity (Wildman–Crippen MR) is 96.3 cm³/mol. The fourth-order valence-corrected chi connectivity index (χ4v) is 2.86. The number of hydrogen-bond acceptors (Lipinski definition) is 5. The van der Waals surface area contributed by atoms with Crippen molar-refractivity contribution in [2.45, 2.75) is 32.0 Å². The van der Waals surface area contributed by atoms with Crippen molar-refractivity contribution in [2.24, 2.45) is 5.73 Å². The molecular weight excluding hydrogens is 397 g/mol. The number of carbonyl (C=O) groups is 2. The number of carboxylic acids is 2. The molecule has 1 aliphatic heterocycles. The SMILES string of the molecule is NCCCc1cc2c3c(c1)c(=O)c(C(=O)O)cn3CCCO2.O=C(O)C(F)(F)F. The number of hydrogen-bond donors (Lipinski definition) is 3. The Kier molecular flexibility index (Phi) is 6.85. The van der Waals surface area contributed by atoms with Crippen LogP contribution in [0, 0.1) is 0 Å². The molecule has 0 saturated carbocycles. The van der Waals surface area contributed by atoms with E-state index >= 15 is 0 Å². The normalized spacial score (nSPS) is 13.1. The van der Waals surface area contributed by atoms with E-state index in [2.05, 4.69) is 0 Å². The van der Waals surface area contributed by atoms with E-state index < -0.39 is 23.5 Å². The molecule has 2 heterocycles. The van der Waals surface area contributed by atoms with Gasteiger partial charge in [-0.1, -0.05) is 0 Å². The number of nitrogens with zero attached hydrogens (tertiary/aromatic N) is 1. The van der Waals surface area contributed by atoms with Gasteiger partial charge in [-0.3, -0.25) is 4.79 Å². The van der Waals surface area contributed by atoms with Crippen LogP contribution in [0.5, 0.6) is 5.75 Å². The molecule has 0 atom stereocenters. The van der Waals surface area contributed by atoms with Gasteiger partial charge >= 0.3 is 18.1 Å². The summed E-state index contributed by atoms with van der Waals surface area (Å²) in [6, 6.07) is 3.70. The van der Waals surface area contributed by atoms with Gasteiger partial charge in [-0.05, 0) is 43.5 Å². The van der Waals surface area contributed by atoms with E-state index in [-0.39, 0.29) is 5.56 Å². The van der Waals surface area contributed by atoms with Crippen LogP contribution >= 0.6 is 0 Å². The summed E-state index contributed by atoms with van der Waals surface area (Å²) in [4.78, 5) is 32.7. The molecule has 1 aromatic heterocycles. The molecule has 0 radical (unpaired) electrons. The number of aryl methyl sites for hydroxylation is 2. The van der Waals surface area contributed by atoms with Crippen molar-refractivity contribution in [3.63, 3.8) is 0 Å². The highest BCUT2D eigenvalue weighted by atomic mass is 19.4. The van der Waals surface area contributed by atoms with Crippen molar-refractivity contribution < 1.29 is 37.7 Å². The second-order valence-electron chi connectivity index (χ2n) is 6.26. The van der Waals surface area contributed by atoms with Crippen LogP contribution in [0.2, 0.25) is 0 Å². The number of aliphatic carboxylic acids is 1. The van der Waals surface area contributed by atoms with Crippen LogP contribution in [0.3, 0.4) is 0 Å². The van der Waals surface area contributed by atoms with Crippen molar-refractivity contribution in [1.29, 1.82) is 0 Å². The summed E-state index contributed by atoms with van der Waals surface area (Å²) in [5.74, 6) is -3.31. The van der Waals surface area contributed by atoms with Crippen LogP contribution < -0.4 is 15.9 Å². The van der Waals surface area contributed by atoms with E-state index in [0.29, 0.717) is 36.3 Å². The molecule has 0 unspecified atom stereocenters. The van der Waals surface area contributed by atoms with E-state index in [1.54, 1.807) is 6.07 Å². The molecule has 8 nitrogen and oxygen atoms in total. The molecule has 0 amide bonds. The molecule has 3 rings (SSSR count). The zero-order valence-electron chi connectivity index (χ0n) is 15.2. The van der Waals surface area contributed by atoms with Crippen molar-refractivity contribution in [3.8, 4) is 5.75 Å². The lowest BCUT2D eigenvalue weighted by molar-refractivity contribution is -0.192. The highest BCUT2D eigenvalue weighted by Gasteiger charge is 2.38. The fraction of sp³-hybridized carbons (Fsp3) is 0.389. The number of pyridine rings is 1. The van der Waals surface area contributed by atoms with Crippen LogP contribution in [0.15, 0.2) is 23.1 Å². The van der Waals surface area contributed by atoms with Gasteiger partial charge in [0.1, 0.15) is 11.3 Å². The number of aromatic nitrogens is 1. The highest BCUT2D eigenvalue weighted by molar-refractivity contribution is 5.94. The molecule has 2 aromatic rings. The van der Waals surface area contributed by atoms with Crippen LogP contribution in [0.25, 0.3) is 10.9 Å². The Hall–Kier alpha value is -3.08. The monoisotopic (exact) mass is 416 g/mol. The van der Waals surface area contributed by atoms with Gasteiger partial charge in [-0.2, -0.15) is 13.2 Å². The molecule has 0 fully saturated rings. The molecule has 4 N–H and O–H groups in total. The second-order valence-corrected chi connectivity index (χ2v) is 6.26. The Morgan fingerprint density at radius 3 is 2.45 bits per heavy atom. The summed E-state index contributed by atoms with van der Waals surface area (Å²) in [7, 11) is 0.